The van der Waals surface area contributed by atoms with Crippen molar-refractivity contribution < 1.29 is 23.8 Å². The van der Waals surface area contributed by atoms with Crippen LogP contribution in [0.5, 0.6) is 0 Å². The highest BCUT2D eigenvalue weighted by atomic mass is 16.6. The summed E-state index contributed by atoms with van der Waals surface area (Å²) >= 11 is 0. The molecule has 0 unspecified atom stereocenters. The number of rotatable bonds is 6. The van der Waals surface area contributed by atoms with Gasteiger partial charge >= 0.3 is 11.9 Å². The molecule has 0 heterocycles. The van der Waals surface area contributed by atoms with E-state index in [2.05, 4.69) is 0 Å². The Morgan fingerprint density at radius 2 is 1.50 bits per heavy atom. The summed E-state index contributed by atoms with van der Waals surface area (Å²) in [4.78, 5) is 21.0. The second-order valence-electron chi connectivity index (χ2n) is 2.68. The molecule has 0 aromatic heterocycles. The van der Waals surface area contributed by atoms with Crippen molar-refractivity contribution >= 4 is 11.9 Å². The lowest BCUT2D eigenvalue weighted by molar-refractivity contribution is -0.152. The van der Waals surface area contributed by atoms with Crippen molar-refractivity contribution in [1.29, 1.82) is 0 Å². The molecule has 5 nitrogen and oxygen atoms in total. The van der Waals surface area contributed by atoms with Crippen molar-refractivity contribution in [3.63, 3.8) is 0 Å². The van der Waals surface area contributed by atoms with Crippen LogP contribution in [0.3, 0.4) is 0 Å². The Bertz CT molecular complexity index is 172. The number of ether oxygens (including phenoxy) is 3. The Labute approximate surface area is 83.3 Å². The summed E-state index contributed by atoms with van der Waals surface area (Å²) in [5.41, 5.74) is 0. The molecule has 82 valence electrons. The normalized spacial score (nSPS) is 10.0. The van der Waals surface area contributed by atoms with E-state index in [0.717, 1.165) is 0 Å². The molecule has 0 aromatic rings. The van der Waals surface area contributed by atoms with Gasteiger partial charge in [-0.05, 0) is 6.92 Å². The van der Waals surface area contributed by atoms with Gasteiger partial charge in [-0.2, -0.15) is 0 Å². The van der Waals surface area contributed by atoms with E-state index in [1.165, 1.54) is 13.8 Å². The van der Waals surface area contributed by atoms with Crippen molar-refractivity contribution in [3.8, 4) is 0 Å². The molecule has 0 spiro atoms. The van der Waals surface area contributed by atoms with Crippen molar-refractivity contribution in [1.82, 2.24) is 0 Å². The first-order valence-electron chi connectivity index (χ1n) is 4.44. The minimum atomic E-state index is -0.382. The number of hydrogen-bond acceptors (Lipinski definition) is 5. The fourth-order valence-corrected chi connectivity index (χ4v) is 0.801. The molecule has 0 radical (unpaired) electrons. The molecule has 0 saturated carbocycles. The zero-order valence-corrected chi connectivity index (χ0v) is 8.74. The average Bonchev–Trinajstić information content (AvgIpc) is 2.09. The van der Waals surface area contributed by atoms with Crippen molar-refractivity contribution in [3.05, 3.63) is 0 Å². The van der Waals surface area contributed by atoms with Gasteiger partial charge in [-0.15, -0.1) is 0 Å². The van der Waals surface area contributed by atoms with E-state index in [1.54, 1.807) is 0 Å². The number of esters is 2. The van der Waals surface area contributed by atoms with E-state index in [4.69, 9.17) is 14.2 Å². The Morgan fingerprint density at radius 3 is 1.79 bits per heavy atom. The fraction of sp³-hybridized carbons (Fsp3) is 0.778. The predicted molar refractivity (Wildman–Crippen MR) is 48.7 cm³/mol. The topological polar surface area (TPSA) is 61.8 Å². The average molecular weight is 204 g/mol. The van der Waals surface area contributed by atoms with Gasteiger partial charge in [-0.1, -0.05) is 0 Å². The van der Waals surface area contributed by atoms with E-state index >= 15 is 0 Å². The molecule has 14 heavy (non-hydrogen) atoms. The molecule has 0 amide bonds. The van der Waals surface area contributed by atoms with Crippen LogP contribution in [0.1, 0.15) is 20.8 Å². The van der Waals surface area contributed by atoms with Gasteiger partial charge in [0.15, 0.2) is 0 Å². The van der Waals surface area contributed by atoms with Gasteiger partial charge in [0.05, 0.1) is 0 Å². The maximum atomic E-state index is 10.5. The van der Waals surface area contributed by atoms with Crippen LogP contribution in [0.15, 0.2) is 0 Å². The zero-order valence-electron chi connectivity index (χ0n) is 8.74. The van der Waals surface area contributed by atoms with Gasteiger partial charge in [0.2, 0.25) is 0 Å². The van der Waals surface area contributed by atoms with Crippen LogP contribution in [0.2, 0.25) is 0 Å². The molecule has 0 aliphatic heterocycles. The fourth-order valence-electron chi connectivity index (χ4n) is 0.801. The highest BCUT2D eigenvalue weighted by molar-refractivity contribution is 5.66. The molecule has 0 fully saturated rings. The maximum absolute atomic E-state index is 10.5. The SMILES string of the molecule is CCOC(COC(C)=O)COC(C)=O. The Morgan fingerprint density at radius 1 is 1.07 bits per heavy atom. The molecule has 0 aliphatic rings. The molecular weight excluding hydrogens is 188 g/mol. The molecule has 0 aromatic carbocycles. The third kappa shape index (κ3) is 7.54. The summed E-state index contributed by atoms with van der Waals surface area (Å²) in [6.45, 7) is 5.14. The molecule has 0 rings (SSSR count). The summed E-state index contributed by atoms with van der Waals surface area (Å²) in [5.74, 6) is -0.755. The van der Waals surface area contributed by atoms with E-state index in [1.807, 2.05) is 6.92 Å². The number of carbonyl (C=O) groups excluding carboxylic acids is 2. The minimum Gasteiger partial charge on any atom is -0.463 e. The first-order chi connectivity index (χ1) is 6.56. The van der Waals surface area contributed by atoms with Crippen LogP contribution in [0.4, 0.5) is 0 Å². The van der Waals surface area contributed by atoms with Crippen LogP contribution >= 0.6 is 0 Å². The van der Waals surface area contributed by atoms with Crippen molar-refractivity contribution in [2.24, 2.45) is 0 Å². The summed E-state index contributed by atoms with van der Waals surface area (Å²) in [6, 6.07) is 0. The quantitative estimate of drug-likeness (QED) is 0.590. The smallest absolute Gasteiger partial charge is 0.302 e. The summed E-state index contributed by atoms with van der Waals surface area (Å²) < 4.78 is 14.7. The van der Waals surface area contributed by atoms with Gasteiger partial charge in [-0.25, -0.2) is 0 Å². The summed E-state index contributed by atoms with van der Waals surface area (Å²) in [5, 5.41) is 0. The molecular formula is C9H16O5. The lowest BCUT2D eigenvalue weighted by Crippen LogP contribution is -2.27. The first-order valence-corrected chi connectivity index (χ1v) is 4.44. The van der Waals surface area contributed by atoms with Gasteiger partial charge in [0.25, 0.3) is 0 Å². The standard InChI is InChI=1S/C9H16O5/c1-4-12-9(5-13-7(2)10)6-14-8(3)11/h9H,4-6H2,1-3H3. The Balaban J connectivity index is 3.76. The van der Waals surface area contributed by atoms with E-state index in [0.29, 0.717) is 6.61 Å². The van der Waals surface area contributed by atoms with Gasteiger partial charge in [-0.3, -0.25) is 9.59 Å². The lowest BCUT2D eigenvalue weighted by Gasteiger charge is -2.15. The zero-order chi connectivity index (χ0) is 11.0. The molecule has 0 aliphatic carbocycles. The van der Waals surface area contributed by atoms with Crippen molar-refractivity contribution in [2.45, 2.75) is 26.9 Å². The van der Waals surface area contributed by atoms with Crippen LogP contribution in [-0.2, 0) is 23.8 Å². The van der Waals surface area contributed by atoms with E-state index in [9.17, 15) is 9.59 Å². The third-order valence-corrected chi connectivity index (χ3v) is 1.35. The Kier molecular flexibility index (Phi) is 6.74. The Hall–Kier alpha value is -1.10. The predicted octanol–water partition coefficient (Wildman–Crippen LogP) is 0.518. The minimum absolute atomic E-state index is 0.108. The molecule has 0 N–H and O–H groups in total. The van der Waals surface area contributed by atoms with Crippen LogP contribution in [-0.4, -0.2) is 37.9 Å². The number of carbonyl (C=O) groups is 2. The van der Waals surface area contributed by atoms with Gasteiger partial charge in [0, 0.05) is 20.5 Å². The summed E-state index contributed by atoms with van der Waals surface area (Å²) in [7, 11) is 0. The molecule has 5 heteroatoms. The van der Waals surface area contributed by atoms with Crippen LogP contribution in [0, 0.1) is 0 Å². The molecule has 0 bridgehead atoms. The second kappa shape index (κ2) is 7.32. The third-order valence-electron chi connectivity index (χ3n) is 1.35. The maximum Gasteiger partial charge on any atom is 0.302 e. The first kappa shape index (κ1) is 12.9. The van der Waals surface area contributed by atoms with Crippen LogP contribution < -0.4 is 0 Å². The number of hydrogen-bond donors (Lipinski definition) is 0. The summed E-state index contributed by atoms with van der Waals surface area (Å²) in [6.07, 6.45) is -0.382. The van der Waals surface area contributed by atoms with Crippen LogP contribution in [0.25, 0.3) is 0 Å². The highest BCUT2D eigenvalue weighted by Crippen LogP contribution is 1.96. The van der Waals surface area contributed by atoms with E-state index in [-0.39, 0.29) is 31.3 Å². The monoisotopic (exact) mass is 204 g/mol. The highest BCUT2D eigenvalue weighted by Gasteiger charge is 2.11. The lowest BCUT2D eigenvalue weighted by atomic mass is 10.4. The molecule has 0 atom stereocenters. The second-order valence-corrected chi connectivity index (χ2v) is 2.68. The van der Waals surface area contributed by atoms with Gasteiger partial charge < -0.3 is 14.2 Å². The van der Waals surface area contributed by atoms with E-state index < -0.39 is 0 Å². The molecule has 0 saturated heterocycles. The largest absolute Gasteiger partial charge is 0.463 e. The van der Waals surface area contributed by atoms with Crippen molar-refractivity contribution in [2.75, 3.05) is 19.8 Å². The van der Waals surface area contributed by atoms with Gasteiger partial charge in [0.1, 0.15) is 19.3 Å².